The van der Waals surface area contributed by atoms with Crippen molar-refractivity contribution in [2.75, 3.05) is 18.2 Å². The second-order valence-electron chi connectivity index (χ2n) is 8.84. The summed E-state index contributed by atoms with van der Waals surface area (Å²) >= 11 is 0. The minimum atomic E-state index is -4.63. The van der Waals surface area contributed by atoms with E-state index < -0.39 is 40.6 Å². The second-order valence-corrected chi connectivity index (χ2v) is 10.2. The van der Waals surface area contributed by atoms with E-state index in [4.69, 9.17) is 0 Å². The molecule has 4 rings (SSSR count). The van der Waals surface area contributed by atoms with E-state index in [0.717, 1.165) is 22.6 Å². The summed E-state index contributed by atoms with van der Waals surface area (Å²) in [6, 6.07) is 8.41. The molecule has 0 saturated carbocycles. The lowest BCUT2D eigenvalue weighted by molar-refractivity contribution is -0.137. The predicted octanol–water partition coefficient (Wildman–Crippen LogP) is 6.02. The largest absolute Gasteiger partial charge is 0.416 e. The number of allylic oxidation sites excluding steroid dienone is 2. The lowest BCUT2D eigenvalue weighted by atomic mass is 9.80. The van der Waals surface area contributed by atoms with Gasteiger partial charge in [-0.05, 0) is 67.7 Å². The predicted molar refractivity (Wildman–Crippen MR) is 136 cm³/mol. The van der Waals surface area contributed by atoms with Gasteiger partial charge in [0.15, 0.2) is 0 Å². The van der Waals surface area contributed by atoms with Gasteiger partial charge in [-0.1, -0.05) is 18.2 Å². The lowest BCUT2D eigenvalue weighted by Crippen LogP contribution is -2.55. The number of nitrogens with zero attached hydrogens (tertiary/aromatic N) is 3. The molecule has 2 unspecified atom stereocenters. The third-order valence-electron chi connectivity index (χ3n) is 6.68. The van der Waals surface area contributed by atoms with E-state index in [1.54, 1.807) is 6.07 Å². The number of rotatable bonds is 3. The summed E-state index contributed by atoms with van der Waals surface area (Å²) < 4.78 is 53.5. The molecule has 0 spiro atoms. The number of urea groups is 2. The highest BCUT2D eigenvalue weighted by atomic mass is 32.2. The fraction of sp³-hybridized carbons (Fsp3) is 0.296. The molecule has 4 amide bonds. The van der Waals surface area contributed by atoms with Crippen LogP contribution in [0, 0.1) is 11.3 Å². The molecule has 1 aliphatic heterocycles. The summed E-state index contributed by atoms with van der Waals surface area (Å²) in [6.07, 6.45) is 0.325. The molecular weight excluding hydrogens is 517 g/mol. The molecule has 2 aromatic rings. The summed E-state index contributed by atoms with van der Waals surface area (Å²) in [5.74, 6) is 0. The van der Waals surface area contributed by atoms with Gasteiger partial charge in [-0.2, -0.15) is 18.4 Å². The number of amides is 4. The van der Waals surface area contributed by atoms with E-state index in [2.05, 4.69) is 5.32 Å². The second kappa shape index (κ2) is 10.5. The molecule has 1 heterocycles. The summed E-state index contributed by atoms with van der Waals surface area (Å²) in [5.41, 5.74) is 1.64. The Labute approximate surface area is 220 Å². The van der Waals surface area contributed by atoms with Crippen molar-refractivity contribution >= 4 is 28.5 Å². The highest BCUT2D eigenvalue weighted by Crippen LogP contribution is 2.49. The van der Waals surface area contributed by atoms with Gasteiger partial charge < -0.3 is 5.32 Å². The molecule has 0 bridgehead atoms. The molecule has 2 atom stereocenters. The van der Waals surface area contributed by atoms with Crippen LogP contribution in [0.2, 0.25) is 0 Å². The summed E-state index contributed by atoms with van der Waals surface area (Å²) in [6.45, 7) is 1.81. The number of anilines is 1. The van der Waals surface area contributed by atoms with Gasteiger partial charge in [-0.15, -0.1) is 0 Å². The fourth-order valence-electron chi connectivity index (χ4n) is 5.01. The van der Waals surface area contributed by atoms with Crippen LogP contribution in [0.25, 0.3) is 0 Å². The number of nitriles is 1. The Balaban J connectivity index is 2.07. The Kier molecular flexibility index (Phi) is 7.47. The van der Waals surface area contributed by atoms with E-state index in [1.807, 2.05) is 19.1 Å². The maximum atomic E-state index is 14.1. The van der Waals surface area contributed by atoms with Crippen LogP contribution in [-0.4, -0.2) is 34.5 Å². The van der Waals surface area contributed by atoms with Crippen molar-refractivity contribution in [2.24, 2.45) is 0 Å². The molecule has 0 saturated heterocycles. The molecule has 0 radical (unpaired) electrons. The molecule has 198 valence electrons. The molecule has 2 aromatic carbocycles. The van der Waals surface area contributed by atoms with Gasteiger partial charge in [0.25, 0.3) is 0 Å². The minimum absolute atomic E-state index is 0.0128. The normalized spacial score (nSPS) is 19.8. The first kappa shape index (κ1) is 27.1. The van der Waals surface area contributed by atoms with Crippen molar-refractivity contribution < 1.29 is 27.0 Å². The van der Waals surface area contributed by atoms with E-state index >= 15 is 0 Å². The Morgan fingerprint density at radius 1 is 1.21 bits per heavy atom. The van der Waals surface area contributed by atoms with Gasteiger partial charge in [0, 0.05) is 29.5 Å². The van der Waals surface area contributed by atoms with Crippen LogP contribution in [0.15, 0.2) is 70.3 Å². The van der Waals surface area contributed by atoms with Crippen molar-refractivity contribution in [2.45, 2.75) is 43.3 Å². The summed E-state index contributed by atoms with van der Waals surface area (Å²) in [7, 11) is -0.232. The number of hydrogen-bond donors (Lipinski definition) is 1. The van der Waals surface area contributed by atoms with Crippen LogP contribution < -0.4 is 10.2 Å². The molecule has 1 N–H and O–H groups in total. The number of benzene rings is 2. The monoisotopic (exact) mass is 542 g/mol. The van der Waals surface area contributed by atoms with Gasteiger partial charge in [0.05, 0.1) is 39.7 Å². The Hall–Kier alpha value is -3.91. The van der Waals surface area contributed by atoms with Crippen LogP contribution >= 0.6 is 0 Å². The van der Waals surface area contributed by atoms with E-state index in [0.29, 0.717) is 36.1 Å². The molecule has 1 aliphatic carbocycles. The first-order valence-electron chi connectivity index (χ1n) is 11.8. The van der Waals surface area contributed by atoms with Crippen molar-refractivity contribution in [3.8, 4) is 6.07 Å². The number of imide groups is 1. The molecule has 7 nitrogen and oxygen atoms in total. The zero-order chi connectivity index (χ0) is 27.8. The Morgan fingerprint density at radius 2 is 1.95 bits per heavy atom. The van der Waals surface area contributed by atoms with Gasteiger partial charge in [0.2, 0.25) is 0 Å². The number of alkyl halides is 3. The number of hydrogen-bond acceptors (Lipinski definition) is 4. The Morgan fingerprint density at radius 3 is 2.55 bits per heavy atom. The third kappa shape index (κ3) is 4.72. The molecule has 11 heteroatoms. The topological polar surface area (TPSA) is 93.5 Å². The Bertz CT molecular complexity index is 1440. The first-order valence-corrected chi connectivity index (χ1v) is 13.4. The molecule has 0 aromatic heterocycles. The van der Waals surface area contributed by atoms with E-state index in [9.17, 15) is 32.2 Å². The van der Waals surface area contributed by atoms with Crippen molar-refractivity contribution in [1.29, 1.82) is 5.26 Å². The minimum Gasteiger partial charge on any atom is -0.341 e. The SMILES string of the molecule is C/C=C1/CCCC2=C1C(c1ccc(C#N)cc1S(C)=O)N(C(=O)NC)C(=O)N2c1cccc(C(F)(F)F)c1. The van der Waals surface area contributed by atoms with E-state index in [1.165, 1.54) is 42.5 Å². The lowest BCUT2D eigenvalue weighted by Gasteiger charge is -2.45. The smallest absolute Gasteiger partial charge is 0.341 e. The number of carbonyl (C=O) groups excluding carboxylic acids is 2. The first-order chi connectivity index (χ1) is 18.0. The number of nitrogens with one attached hydrogen (secondary N) is 1. The highest BCUT2D eigenvalue weighted by Gasteiger charge is 2.47. The zero-order valence-electron chi connectivity index (χ0n) is 20.9. The number of halogens is 3. The van der Waals surface area contributed by atoms with E-state index in [-0.39, 0.29) is 16.1 Å². The average molecular weight is 543 g/mol. The van der Waals surface area contributed by atoms with Gasteiger partial charge in [-0.3, -0.25) is 9.11 Å². The van der Waals surface area contributed by atoms with Crippen molar-refractivity contribution in [1.82, 2.24) is 10.2 Å². The van der Waals surface area contributed by atoms with Crippen LogP contribution in [0.3, 0.4) is 0 Å². The standard InChI is InChI=1S/C27H25F3N4O3S/c1-4-17-7-5-10-21-23(17)24(20-12-11-16(15-31)13-22(20)38(3)37)34(25(35)32-2)26(36)33(21)19-9-6-8-18(14-19)27(28,29)30/h4,6,8-9,11-14,24H,5,7,10H2,1-3H3,(H,32,35)/b17-4-. The van der Waals surface area contributed by atoms with Crippen LogP contribution in [0.4, 0.5) is 28.4 Å². The quantitative estimate of drug-likeness (QED) is 0.513. The zero-order valence-corrected chi connectivity index (χ0v) is 21.7. The van der Waals surface area contributed by atoms with Gasteiger partial charge >= 0.3 is 18.2 Å². The number of carbonyl (C=O) groups is 2. The van der Waals surface area contributed by atoms with Crippen molar-refractivity contribution in [3.05, 3.63) is 82.1 Å². The fourth-order valence-corrected chi connectivity index (χ4v) is 5.82. The van der Waals surface area contributed by atoms with Gasteiger partial charge in [-0.25, -0.2) is 14.5 Å². The van der Waals surface area contributed by atoms with Crippen LogP contribution in [0.1, 0.15) is 48.9 Å². The maximum Gasteiger partial charge on any atom is 0.416 e. The van der Waals surface area contributed by atoms with Crippen molar-refractivity contribution in [3.63, 3.8) is 0 Å². The van der Waals surface area contributed by atoms with Crippen LogP contribution in [-0.2, 0) is 17.0 Å². The maximum absolute atomic E-state index is 14.1. The molecular formula is C27H25F3N4O3S. The summed E-state index contributed by atoms with van der Waals surface area (Å²) in [5, 5.41) is 11.9. The van der Waals surface area contributed by atoms with Gasteiger partial charge in [0.1, 0.15) is 0 Å². The third-order valence-corrected chi connectivity index (χ3v) is 7.65. The molecule has 0 fully saturated rings. The highest BCUT2D eigenvalue weighted by molar-refractivity contribution is 7.84. The van der Waals surface area contributed by atoms with Crippen LogP contribution in [0.5, 0.6) is 0 Å². The average Bonchev–Trinajstić information content (AvgIpc) is 2.90. The summed E-state index contributed by atoms with van der Waals surface area (Å²) in [4.78, 5) is 29.7. The molecule has 38 heavy (non-hydrogen) atoms. The molecule has 2 aliphatic rings.